The van der Waals surface area contributed by atoms with Crippen molar-refractivity contribution in [1.29, 1.82) is 0 Å². The summed E-state index contributed by atoms with van der Waals surface area (Å²) in [5.74, 6) is -0.234. The summed E-state index contributed by atoms with van der Waals surface area (Å²) in [6.07, 6.45) is 0. The Morgan fingerprint density at radius 1 is 1.29 bits per heavy atom. The largest absolute Gasteiger partial charge is 0.399 e. The van der Waals surface area contributed by atoms with Crippen molar-refractivity contribution in [3.8, 4) is 0 Å². The van der Waals surface area contributed by atoms with Crippen LogP contribution < -0.4 is 11.1 Å². The molecular formula is C15H13BrN4O. The van der Waals surface area contributed by atoms with Crippen molar-refractivity contribution in [3.05, 3.63) is 58.2 Å². The summed E-state index contributed by atoms with van der Waals surface area (Å²) >= 11 is 3.45. The van der Waals surface area contributed by atoms with Gasteiger partial charge in [0.15, 0.2) is 5.69 Å². The van der Waals surface area contributed by atoms with E-state index in [1.165, 1.54) is 0 Å². The van der Waals surface area contributed by atoms with Crippen LogP contribution in [0.15, 0.2) is 46.9 Å². The molecule has 0 atom stereocenters. The van der Waals surface area contributed by atoms with Crippen LogP contribution in [0, 0.1) is 0 Å². The molecule has 0 aliphatic carbocycles. The van der Waals surface area contributed by atoms with E-state index in [1.807, 2.05) is 30.3 Å². The minimum atomic E-state index is -0.234. The SMILES string of the molecule is Nc1ccc2[nH]nc(C(=O)NCc3ccccc3Br)c2c1. The van der Waals surface area contributed by atoms with E-state index in [0.29, 0.717) is 17.9 Å². The number of nitrogen functional groups attached to an aromatic ring is 1. The van der Waals surface area contributed by atoms with Crippen molar-refractivity contribution < 1.29 is 4.79 Å². The number of benzene rings is 2. The first kappa shape index (κ1) is 13.6. The zero-order chi connectivity index (χ0) is 14.8. The summed E-state index contributed by atoms with van der Waals surface area (Å²) in [5, 5.41) is 10.5. The third-order valence-electron chi connectivity index (χ3n) is 3.20. The van der Waals surface area contributed by atoms with E-state index in [0.717, 1.165) is 20.9 Å². The number of amides is 1. The Morgan fingerprint density at radius 3 is 2.90 bits per heavy atom. The zero-order valence-electron chi connectivity index (χ0n) is 11.1. The summed E-state index contributed by atoms with van der Waals surface area (Å²) in [5.41, 5.74) is 8.50. The predicted molar refractivity (Wildman–Crippen MR) is 85.8 cm³/mol. The molecule has 3 rings (SSSR count). The number of aromatic nitrogens is 2. The van der Waals surface area contributed by atoms with Crippen LogP contribution >= 0.6 is 15.9 Å². The van der Waals surface area contributed by atoms with E-state index in [4.69, 9.17) is 5.73 Å². The number of nitrogens with two attached hydrogens (primary N) is 1. The molecule has 0 radical (unpaired) electrons. The molecule has 0 saturated heterocycles. The van der Waals surface area contributed by atoms with Gasteiger partial charge < -0.3 is 11.1 Å². The van der Waals surface area contributed by atoms with Gasteiger partial charge in [-0.25, -0.2) is 0 Å². The summed E-state index contributed by atoms with van der Waals surface area (Å²) < 4.78 is 0.960. The van der Waals surface area contributed by atoms with Gasteiger partial charge >= 0.3 is 0 Å². The maximum Gasteiger partial charge on any atom is 0.272 e. The third kappa shape index (κ3) is 2.75. The smallest absolute Gasteiger partial charge is 0.272 e. The molecule has 21 heavy (non-hydrogen) atoms. The van der Waals surface area contributed by atoms with E-state index in [1.54, 1.807) is 12.1 Å². The Kier molecular flexibility index (Phi) is 3.62. The molecule has 3 aromatic rings. The number of halogens is 1. The molecule has 0 saturated carbocycles. The van der Waals surface area contributed by atoms with Gasteiger partial charge in [0.05, 0.1) is 5.52 Å². The minimum absolute atomic E-state index is 0.234. The van der Waals surface area contributed by atoms with E-state index < -0.39 is 0 Å². The van der Waals surface area contributed by atoms with Crippen LogP contribution in [0.5, 0.6) is 0 Å². The van der Waals surface area contributed by atoms with E-state index in [-0.39, 0.29) is 5.91 Å². The molecule has 5 nitrogen and oxygen atoms in total. The van der Waals surface area contributed by atoms with Crippen LogP contribution in [-0.4, -0.2) is 16.1 Å². The number of hydrogen-bond donors (Lipinski definition) is 3. The molecule has 0 fully saturated rings. The molecule has 0 spiro atoms. The monoisotopic (exact) mass is 344 g/mol. The van der Waals surface area contributed by atoms with Crippen molar-refractivity contribution in [1.82, 2.24) is 15.5 Å². The summed E-state index contributed by atoms with van der Waals surface area (Å²) in [6.45, 7) is 0.428. The van der Waals surface area contributed by atoms with Gasteiger partial charge in [0, 0.05) is 22.1 Å². The van der Waals surface area contributed by atoms with Gasteiger partial charge in [-0.2, -0.15) is 5.10 Å². The van der Waals surface area contributed by atoms with Gasteiger partial charge in [0.2, 0.25) is 0 Å². The lowest BCUT2D eigenvalue weighted by atomic mass is 10.1. The fraction of sp³-hybridized carbons (Fsp3) is 0.0667. The number of rotatable bonds is 3. The van der Waals surface area contributed by atoms with Gasteiger partial charge in [0.1, 0.15) is 0 Å². The van der Waals surface area contributed by atoms with E-state index >= 15 is 0 Å². The van der Waals surface area contributed by atoms with Gasteiger partial charge in [-0.15, -0.1) is 0 Å². The van der Waals surface area contributed by atoms with Gasteiger partial charge in [-0.05, 0) is 29.8 Å². The van der Waals surface area contributed by atoms with Crippen molar-refractivity contribution in [3.63, 3.8) is 0 Å². The predicted octanol–water partition coefficient (Wildman–Crippen LogP) is 2.84. The molecule has 0 aliphatic rings. The molecule has 0 aliphatic heterocycles. The van der Waals surface area contributed by atoms with Crippen molar-refractivity contribution in [2.75, 3.05) is 5.73 Å². The number of hydrogen-bond acceptors (Lipinski definition) is 3. The number of anilines is 1. The van der Waals surface area contributed by atoms with Crippen LogP contribution in [0.4, 0.5) is 5.69 Å². The Bertz CT molecular complexity index is 812. The van der Waals surface area contributed by atoms with Crippen molar-refractivity contribution in [2.45, 2.75) is 6.54 Å². The molecule has 4 N–H and O–H groups in total. The minimum Gasteiger partial charge on any atom is -0.399 e. The maximum atomic E-state index is 12.3. The van der Waals surface area contributed by atoms with Crippen LogP contribution in [0.2, 0.25) is 0 Å². The lowest BCUT2D eigenvalue weighted by molar-refractivity contribution is 0.0947. The van der Waals surface area contributed by atoms with Crippen LogP contribution in [0.3, 0.4) is 0 Å². The molecule has 0 unspecified atom stereocenters. The first-order chi connectivity index (χ1) is 10.1. The summed E-state index contributed by atoms with van der Waals surface area (Å²) in [4.78, 5) is 12.3. The lowest BCUT2D eigenvalue weighted by Crippen LogP contribution is -2.23. The Hall–Kier alpha value is -2.34. The highest BCUT2D eigenvalue weighted by Crippen LogP contribution is 2.19. The normalized spacial score (nSPS) is 10.7. The maximum absolute atomic E-state index is 12.3. The Balaban J connectivity index is 1.81. The average molecular weight is 345 g/mol. The highest BCUT2D eigenvalue weighted by molar-refractivity contribution is 9.10. The van der Waals surface area contributed by atoms with Crippen LogP contribution in [0.1, 0.15) is 16.1 Å². The lowest BCUT2D eigenvalue weighted by Gasteiger charge is -2.06. The number of fused-ring (bicyclic) bond motifs is 1. The van der Waals surface area contributed by atoms with Gasteiger partial charge in [0.25, 0.3) is 5.91 Å². The molecule has 1 amide bonds. The third-order valence-corrected chi connectivity index (χ3v) is 3.97. The van der Waals surface area contributed by atoms with Crippen LogP contribution in [-0.2, 0) is 6.54 Å². The van der Waals surface area contributed by atoms with Gasteiger partial charge in [-0.1, -0.05) is 34.1 Å². The zero-order valence-corrected chi connectivity index (χ0v) is 12.6. The molecule has 6 heteroatoms. The second-order valence-corrected chi connectivity index (χ2v) is 5.51. The molecule has 2 aromatic carbocycles. The van der Waals surface area contributed by atoms with E-state index in [2.05, 4.69) is 31.4 Å². The second kappa shape index (κ2) is 5.57. The first-order valence-electron chi connectivity index (χ1n) is 6.40. The number of aromatic amines is 1. The average Bonchev–Trinajstić information content (AvgIpc) is 2.89. The molecule has 1 heterocycles. The quantitative estimate of drug-likeness (QED) is 0.638. The fourth-order valence-electron chi connectivity index (χ4n) is 2.11. The number of carbonyl (C=O) groups is 1. The van der Waals surface area contributed by atoms with E-state index in [9.17, 15) is 4.79 Å². The first-order valence-corrected chi connectivity index (χ1v) is 7.19. The fourth-order valence-corrected chi connectivity index (χ4v) is 2.53. The standard InChI is InChI=1S/C15H13BrN4O/c16-12-4-2-1-3-9(12)8-18-15(21)14-11-7-10(17)5-6-13(11)19-20-14/h1-7H,8,17H2,(H,18,21)(H,19,20). The molecule has 1 aromatic heterocycles. The summed E-state index contributed by atoms with van der Waals surface area (Å²) in [7, 11) is 0. The second-order valence-electron chi connectivity index (χ2n) is 4.65. The van der Waals surface area contributed by atoms with Crippen molar-refractivity contribution in [2.24, 2.45) is 0 Å². The summed E-state index contributed by atoms with van der Waals surface area (Å²) in [6, 6.07) is 13.1. The molecule has 106 valence electrons. The van der Waals surface area contributed by atoms with Crippen LogP contribution in [0.25, 0.3) is 10.9 Å². The topological polar surface area (TPSA) is 83.8 Å². The number of H-pyrrole nitrogens is 1. The highest BCUT2D eigenvalue weighted by atomic mass is 79.9. The Morgan fingerprint density at radius 2 is 2.10 bits per heavy atom. The highest BCUT2D eigenvalue weighted by Gasteiger charge is 2.14. The van der Waals surface area contributed by atoms with Gasteiger partial charge in [-0.3, -0.25) is 9.89 Å². The van der Waals surface area contributed by atoms with Crippen molar-refractivity contribution >= 4 is 38.4 Å². The molecule has 0 bridgehead atoms. The number of carbonyl (C=O) groups excluding carboxylic acids is 1. The molecular weight excluding hydrogens is 332 g/mol. The number of nitrogens with one attached hydrogen (secondary N) is 2. The Labute approximate surface area is 129 Å². The number of nitrogens with zero attached hydrogens (tertiary/aromatic N) is 1.